The normalized spacial score (nSPS) is 12.8. The largest absolute Gasteiger partial charge is 0.416 e. The summed E-state index contributed by atoms with van der Waals surface area (Å²) in [5, 5.41) is 2.14. The van der Waals surface area contributed by atoms with E-state index in [1.165, 1.54) is 0 Å². The summed E-state index contributed by atoms with van der Waals surface area (Å²) in [6.07, 6.45) is -10.3. The summed E-state index contributed by atoms with van der Waals surface area (Å²) in [4.78, 5) is 24.4. The van der Waals surface area contributed by atoms with Gasteiger partial charge >= 0.3 is 12.4 Å². The van der Waals surface area contributed by atoms with Crippen molar-refractivity contribution in [2.75, 3.05) is 0 Å². The molecule has 1 atom stereocenters. The maximum atomic E-state index is 13.1. The molecule has 3 aromatic carbocycles. The van der Waals surface area contributed by atoms with Gasteiger partial charge in [0.1, 0.15) is 6.04 Å². The van der Waals surface area contributed by atoms with Crippen LogP contribution < -0.4 is 11.1 Å². The lowest BCUT2D eigenvalue weighted by molar-refractivity contribution is -0.143. The highest BCUT2D eigenvalue weighted by Gasteiger charge is 2.37. The van der Waals surface area contributed by atoms with Crippen LogP contribution in [0, 0.1) is 0 Å². The molecule has 3 N–H and O–H groups in total. The molecule has 3 rings (SSSR count). The molecule has 0 spiro atoms. The Kier molecular flexibility index (Phi) is 6.99. The minimum atomic E-state index is -5.11. The Morgan fingerprint density at radius 3 is 1.74 bits per heavy atom. The molecule has 178 valence electrons. The maximum Gasteiger partial charge on any atom is 0.416 e. The number of halogens is 6. The number of primary amides is 1. The van der Waals surface area contributed by atoms with Crippen molar-refractivity contribution < 1.29 is 35.9 Å². The van der Waals surface area contributed by atoms with E-state index < -0.39 is 46.9 Å². The highest BCUT2D eigenvalue weighted by molar-refractivity contribution is 5.97. The lowest BCUT2D eigenvalue weighted by Gasteiger charge is -2.18. The Labute approximate surface area is 190 Å². The third-order valence-electron chi connectivity index (χ3n) is 5.00. The lowest BCUT2D eigenvalue weighted by Crippen LogP contribution is -2.46. The van der Waals surface area contributed by atoms with Crippen LogP contribution in [0.15, 0.2) is 72.8 Å². The van der Waals surface area contributed by atoms with Crippen LogP contribution in [0.3, 0.4) is 0 Å². The molecule has 0 heterocycles. The number of alkyl halides is 6. The molecule has 10 heteroatoms. The van der Waals surface area contributed by atoms with Gasteiger partial charge in [0.25, 0.3) is 5.91 Å². The third-order valence-corrected chi connectivity index (χ3v) is 5.00. The molecule has 2 amide bonds. The Bertz CT molecular complexity index is 1140. The van der Waals surface area contributed by atoms with Crippen molar-refractivity contribution in [3.05, 3.63) is 95.1 Å². The third kappa shape index (κ3) is 6.15. The van der Waals surface area contributed by atoms with Crippen LogP contribution in [0.1, 0.15) is 27.0 Å². The summed E-state index contributed by atoms with van der Waals surface area (Å²) in [7, 11) is 0. The van der Waals surface area contributed by atoms with Gasteiger partial charge in [-0.25, -0.2) is 0 Å². The fourth-order valence-electron chi connectivity index (χ4n) is 3.25. The van der Waals surface area contributed by atoms with Gasteiger partial charge in [0.15, 0.2) is 0 Å². The molecule has 0 saturated heterocycles. The summed E-state index contributed by atoms with van der Waals surface area (Å²) in [6.45, 7) is 0. The zero-order chi connectivity index (χ0) is 25.1. The minimum Gasteiger partial charge on any atom is -0.368 e. The van der Waals surface area contributed by atoms with E-state index in [1.54, 1.807) is 24.3 Å². The highest BCUT2D eigenvalue weighted by Crippen LogP contribution is 2.36. The second kappa shape index (κ2) is 9.58. The predicted octanol–water partition coefficient (Wildman–Crippen LogP) is 5.22. The van der Waals surface area contributed by atoms with Crippen LogP contribution >= 0.6 is 0 Å². The zero-order valence-corrected chi connectivity index (χ0v) is 17.4. The number of carbonyl (C=O) groups is 2. The van der Waals surface area contributed by atoms with Crippen molar-refractivity contribution in [1.29, 1.82) is 0 Å². The molecule has 34 heavy (non-hydrogen) atoms. The molecule has 0 unspecified atom stereocenters. The maximum absolute atomic E-state index is 13.1. The summed E-state index contributed by atoms with van der Waals surface area (Å²) in [5.41, 5.74) is 3.54. The summed E-state index contributed by atoms with van der Waals surface area (Å²) in [5.74, 6) is -2.29. The highest BCUT2D eigenvalue weighted by atomic mass is 19.4. The van der Waals surface area contributed by atoms with Crippen LogP contribution in [0.4, 0.5) is 26.3 Å². The van der Waals surface area contributed by atoms with Crippen LogP contribution in [-0.2, 0) is 23.6 Å². The van der Waals surface area contributed by atoms with E-state index >= 15 is 0 Å². The monoisotopic (exact) mass is 480 g/mol. The van der Waals surface area contributed by atoms with Gasteiger partial charge in [-0.05, 0) is 34.9 Å². The van der Waals surface area contributed by atoms with E-state index in [9.17, 15) is 35.9 Å². The number of carbonyl (C=O) groups excluding carboxylic acids is 2. The number of nitrogens with one attached hydrogen (secondary N) is 1. The van der Waals surface area contributed by atoms with E-state index in [2.05, 4.69) is 5.32 Å². The van der Waals surface area contributed by atoms with E-state index in [-0.39, 0.29) is 24.6 Å². The van der Waals surface area contributed by atoms with Gasteiger partial charge in [-0.1, -0.05) is 54.6 Å². The van der Waals surface area contributed by atoms with E-state index in [0.717, 1.165) is 11.1 Å². The zero-order valence-electron chi connectivity index (χ0n) is 17.4. The summed E-state index contributed by atoms with van der Waals surface area (Å²) in [6, 6.07) is 15.4. The first-order chi connectivity index (χ1) is 15.8. The fraction of sp³-hybridized carbons (Fsp3) is 0.167. The summed E-state index contributed by atoms with van der Waals surface area (Å²) >= 11 is 0. The quantitative estimate of drug-likeness (QED) is 0.475. The SMILES string of the molecule is NC(=O)[C@@H](Cc1ccc(-c2ccccc2)cc1)NC(=O)c1cc(C(F)(F)F)cc(C(F)(F)F)c1. The molecule has 0 radical (unpaired) electrons. The van der Waals surface area contributed by atoms with Crippen LogP contribution in [0.2, 0.25) is 0 Å². The number of rotatable bonds is 6. The minimum absolute atomic E-state index is 0.0867. The van der Waals surface area contributed by atoms with Crippen molar-refractivity contribution in [1.82, 2.24) is 5.32 Å². The molecule has 0 aliphatic rings. The molecule has 4 nitrogen and oxygen atoms in total. The fourth-order valence-corrected chi connectivity index (χ4v) is 3.25. The first kappa shape index (κ1) is 24.8. The molecule has 0 fully saturated rings. The predicted molar refractivity (Wildman–Crippen MR) is 112 cm³/mol. The van der Waals surface area contributed by atoms with Gasteiger partial charge in [-0.3, -0.25) is 9.59 Å². The lowest BCUT2D eigenvalue weighted by atomic mass is 9.99. The Balaban J connectivity index is 1.82. The van der Waals surface area contributed by atoms with Gasteiger partial charge < -0.3 is 11.1 Å². The van der Waals surface area contributed by atoms with E-state index in [0.29, 0.717) is 5.56 Å². The Morgan fingerprint density at radius 1 is 0.765 bits per heavy atom. The van der Waals surface area contributed by atoms with Crippen molar-refractivity contribution >= 4 is 11.8 Å². The average Bonchev–Trinajstić information content (AvgIpc) is 2.78. The number of benzene rings is 3. The number of amides is 2. The second-order valence-electron chi connectivity index (χ2n) is 7.49. The molecule has 0 aliphatic carbocycles. The second-order valence-corrected chi connectivity index (χ2v) is 7.49. The van der Waals surface area contributed by atoms with Gasteiger partial charge in [0.05, 0.1) is 11.1 Å². The number of hydrogen-bond donors (Lipinski definition) is 2. The smallest absolute Gasteiger partial charge is 0.368 e. The van der Waals surface area contributed by atoms with Crippen LogP contribution in [0.5, 0.6) is 0 Å². The van der Waals surface area contributed by atoms with Gasteiger partial charge in [0, 0.05) is 12.0 Å². The summed E-state index contributed by atoms with van der Waals surface area (Å²) < 4.78 is 78.4. The van der Waals surface area contributed by atoms with E-state index in [4.69, 9.17) is 5.73 Å². The van der Waals surface area contributed by atoms with Crippen molar-refractivity contribution in [2.24, 2.45) is 5.73 Å². The molecule has 0 saturated carbocycles. The topological polar surface area (TPSA) is 72.2 Å². The van der Waals surface area contributed by atoms with Crippen molar-refractivity contribution in [3.63, 3.8) is 0 Å². The van der Waals surface area contributed by atoms with Crippen LogP contribution in [0.25, 0.3) is 11.1 Å². The standard InChI is InChI=1S/C24H18F6N2O2/c25-23(26,27)18-11-17(12-19(13-18)24(28,29)30)22(34)32-20(21(31)33)10-14-6-8-16(9-7-14)15-4-2-1-3-5-15/h1-9,11-13,20H,10H2,(H2,31,33)(H,32,34)/t20-/m1/s1. The van der Waals surface area contributed by atoms with Crippen molar-refractivity contribution in [3.8, 4) is 11.1 Å². The first-order valence-corrected chi connectivity index (χ1v) is 9.88. The van der Waals surface area contributed by atoms with E-state index in [1.807, 2.05) is 30.3 Å². The number of nitrogens with two attached hydrogens (primary N) is 1. The first-order valence-electron chi connectivity index (χ1n) is 9.88. The Hall–Kier alpha value is -3.82. The molecular weight excluding hydrogens is 462 g/mol. The molecular formula is C24H18F6N2O2. The van der Waals surface area contributed by atoms with Gasteiger partial charge in [0.2, 0.25) is 5.91 Å². The molecule has 3 aromatic rings. The average molecular weight is 480 g/mol. The van der Waals surface area contributed by atoms with Gasteiger partial charge in [-0.15, -0.1) is 0 Å². The molecule has 0 bridgehead atoms. The van der Waals surface area contributed by atoms with Crippen molar-refractivity contribution in [2.45, 2.75) is 24.8 Å². The number of hydrogen-bond acceptors (Lipinski definition) is 2. The van der Waals surface area contributed by atoms with Crippen LogP contribution in [-0.4, -0.2) is 17.9 Å². The Morgan fingerprint density at radius 2 is 1.26 bits per heavy atom. The molecule has 0 aromatic heterocycles. The molecule has 0 aliphatic heterocycles. The van der Waals surface area contributed by atoms with Gasteiger partial charge in [-0.2, -0.15) is 26.3 Å².